The summed E-state index contributed by atoms with van der Waals surface area (Å²) >= 11 is 2.03. The molecule has 0 aromatic rings. The van der Waals surface area contributed by atoms with Crippen LogP contribution in [0.3, 0.4) is 0 Å². The summed E-state index contributed by atoms with van der Waals surface area (Å²) in [7, 11) is 0. The second-order valence-corrected chi connectivity index (χ2v) is 5.46. The van der Waals surface area contributed by atoms with Gasteiger partial charge in [-0.3, -0.25) is 4.79 Å². The molecule has 0 aromatic heterocycles. The van der Waals surface area contributed by atoms with Gasteiger partial charge in [-0.1, -0.05) is 0 Å². The van der Waals surface area contributed by atoms with E-state index in [-0.39, 0.29) is 11.9 Å². The van der Waals surface area contributed by atoms with E-state index >= 15 is 0 Å². The van der Waals surface area contributed by atoms with E-state index in [0.717, 1.165) is 25.4 Å². The maximum Gasteiger partial charge on any atom is 0.239 e. The van der Waals surface area contributed by atoms with Gasteiger partial charge in [-0.05, 0) is 36.7 Å². The number of rotatable bonds is 2. The Kier molecular flexibility index (Phi) is 3.34. The lowest BCUT2D eigenvalue weighted by atomic mass is 10.0. The van der Waals surface area contributed by atoms with Crippen molar-refractivity contribution in [2.75, 3.05) is 24.6 Å². The lowest BCUT2D eigenvalue weighted by molar-refractivity contribution is -0.129. The number of thioether (sulfide) groups is 1. The molecule has 1 amide bonds. The molecule has 14 heavy (non-hydrogen) atoms. The van der Waals surface area contributed by atoms with Gasteiger partial charge in [0.2, 0.25) is 5.91 Å². The number of carbonyl (C=O) groups excluding carboxylic acids is 1. The second kappa shape index (κ2) is 4.53. The van der Waals surface area contributed by atoms with Crippen molar-refractivity contribution in [3.05, 3.63) is 0 Å². The molecule has 1 unspecified atom stereocenters. The maximum absolute atomic E-state index is 11.6. The molecule has 2 heterocycles. The van der Waals surface area contributed by atoms with Crippen molar-refractivity contribution in [1.29, 1.82) is 0 Å². The predicted octanol–water partition coefficient (Wildman–Crippen LogP) is 0.689. The summed E-state index contributed by atoms with van der Waals surface area (Å²) in [5.74, 6) is 3.42. The minimum atomic E-state index is -0.215. The molecule has 2 aliphatic rings. The van der Waals surface area contributed by atoms with Gasteiger partial charge in [-0.2, -0.15) is 11.8 Å². The SMILES string of the molecule is NC1CCN(CC2CCSCC2)C1=O. The summed E-state index contributed by atoms with van der Waals surface area (Å²) < 4.78 is 0. The number of hydrogen-bond acceptors (Lipinski definition) is 3. The Morgan fingerprint density at radius 2 is 2.07 bits per heavy atom. The smallest absolute Gasteiger partial charge is 0.239 e. The molecule has 0 bridgehead atoms. The molecule has 3 nitrogen and oxygen atoms in total. The van der Waals surface area contributed by atoms with Gasteiger partial charge in [0.25, 0.3) is 0 Å². The Bertz CT molecular complexity index is 216. The topological polar surface area (TPSA) is 46.3 Å². The van der Waals surface area contributed by atoms with Crippen LogP contribution in [0.2, 0.25) is 0 Å². The van der Waals surface area contributed by atoms with Gasteiger partial charge in [0.15, 0.2) is 0 Å². The van der Waals surface area contributed by atoms with Crippen LogP contribution in [0.15, 0.2) is 0 Å². The molecule has 2 saturated heterocycles. The molecule has 2 N–H and O–H groups in total. The highest BCUT2D eigenvalue weighted by atomic mass is 32.2. The van der Waals surface area contributed by atoms with Crippen LogP contribution in [0.5, 0.6) is 0 Å². The molecular formula is C10H18N2OS. The zero-order valence-corrected chi connectivity index (χ0v) is 9.26. The monoisotopic (exact) mass is 214 g/mol. The van der Waals surface area contributed by atoms with Gasteiger partial charge in [0, 0.05) is 13.1 Å². The molecule has 1 atom stereocenters. The predicted molar refractivity (Wildman–Crippen MR) is 59.2 cm³/mol. The molecule has 0 radical (unpaired) electrons. The van der Waals surface area contributed by atoms with E-state index in [1.807, 2.05) is 16.7 Å². The Hall–Kier alpha value is -0.220. The third kappa shape index (κ3) is 2.23. The second-order valence-electron chi connectivity index (χ2n) is 4.24. The number of carbonyl (C=O) groups is 1. The molecule has 2 aliphatic heterocycles. The fourth-order valence-corrected chi connectivity index (χ4v) is 3.39. The quantitative estimate of drug-likeness (QED) is 0.735. The summed E-state index contributed by atoms with van der Waals surface area (Å²) in [6, 6.07) is -0.215. The van der Waals surface area contributed by atoms with Crippen LogP contribution in [-0.2, 0) is 4.79 Å². The lowest BCUT2D eigenvalue weighted by Gasteiger charge is -2.26. The van der Waals surface area contributed by atoms with Crippen LogP contribution in [-0.4, -0.2) is 41.4 Å². The van der Waals surface area contributed by atoms with Crippen LogP contribution in [0, 0.1) is 5.92 Å². The summed E-state index contributed by atoms with van der Waals surface area (Å²) in [5.41, 5.74) is 5.68. The molecule has 2 rings (SSSR count). The van der Waals surface area contributed by atoms with Crippen LogP contribution < -0.4 is 5.73 Å². The molecule has 0 aliphatic carbocycles. The largest absolute Gasteiger partial charge is 0.341 e. The van der Waals surface area contributed by atoms with Crippen molar-refractivity contribution in [1.82, 2.24) is 4.90 Å². The fourth-order valence-electron chi connectivity index (χ4n) is 2.19. The summed E-state index contributed by atoms with van der Waals surface area (Å²) in [4.78, 5) is 13.5. The molecule has 80 valence electrons. The third-order valence-corrected chi connectivity index (χ3v) is 4.21. The zero-order chi connectivity index (χ0) is 9.97. The normalized spacial score (nSPS) is 29.9. The van der Waals surface area contributed by atoms with E-state index in [4.69, 9.17) is 5.73 Å². The van der Waals surface area contributed by atoms with Gasteiger partial charge in [0.1, 0.15) is 0 Å². The van der Waals surface area contributed by atoms with Crippen molar-refractivity contribution in [2.45, 2.75) is 25.3 Å². The minimum Gasteiger partial charge on any atom is -0.341 e. The van der Waals surface area contributed by atoms with Gasteiger partial charge in [0.05, 0.1) is 6.04 Å². The Morgan fingerprint density at radius 1 is 1.36 bits per heavy atom. The highest BCUT2D eigenvalue weighted by Crippen LogP contribution is 2.24. The number of nitrogens with two attached hydrogens (primary N) is 1. The van der Waals surface area contributed by atoms with Crippen molar-refractivity contribution in [2.24, 2.45) is 11.7 Å². The highest BCUT2D eigenvalue weighted by Gasteiger charge is 2.30. The Labute approximate surface area is 89.4 Å². The summed E-state index contributed by atoms with van der Waals surface area (Å²) in [6.45, 7) is 1.83. The number of nitrogens with zero attached hydrogens (tertiary/aromatic N) is 1. The Balaban J connectivity index is 1.82. The first kappa shape index (κ1) is 10.3. The van der Waals surface area contributed by atoms with Gasteiger partial charge in [-0.15, -0.1) is 0 Å². The van der Waals surface area contributed by atoms with Gasteiger partial charge < -0.3 is 10.6 Å². The van der Waals surface area contributed by atoms with Crippen molar-refractivity contribution >= 4 is 17.7 Å². The zero-order valence-electron chi connectivity index (χ0n) is 8.45. The average molecular weight is 214 g/mol. The number of likely N-dealkylation sites (tertiary alicyclic amines) is 1. The average Bonchev–Trinajstić information content (AvgIpc) is 2.52. The summed E-state index contributed by atoms with van der Waals surface area (Å²) in [6.07, 6.45) is 3.38. The van der Waals surface area contributed by atoms with Crippen LogP contribution in [0.4, 0.5) is 0 Å². The first-order valence-electron chi connectivity index (χ1n) is 5.39. The van der Waals surface area contributed by atoms with Crippen molar-refractivity contribution in [3.63, 3.8) is 0 Å². The molecular weight excluding hydrogens is 196 g/mol. The van der Waals surface area contributed by atoms with Crippen LogP contribution >= 0.6 is 11.8 Å². The van der Waals surface area contributed by atoms with Gasteiger partial charge >= 0.3 is 0 Å². The summed E-state index contributed by atoms with van der Waals surface area (Å²) in [5, 5.41) is 0. The molecule has 0 saturated carbocycles. The van der Waals surface area contributed by atoms with Crippen molar-refractivity contribution in [3.8, 4) is 0 Å². The fraction of sp³-hybridized carbons (Fsp3) is 0.900. The van der Waals surface area contributed by atoms with Crippen LogP contribution in [0.25, 0.3) is 0 Å². The highest BCUT2D eigenvalue weighted by molar-refractivity contribution is 7.99. The van der Waals surface area contributed by atoms with E-state index in [2.05, 4.69) is 0 Å². The lowest BCUT2D eigenvalue weighted by Crippen LogP contribution is -2.37. The van der Waals surface area contributed by atoms with E-state index in [1.165, 1.54) is 24.3 Å². The van der Waals surface area contributed by atoms with E-state index in [9.17, 15) is 4.79 Å². The number of hydrogen-bond donors (Lipinski definition) is 1. The Morgan fingerprint density at radius 3 is 2.64 bits per heavy atom. The third-order valence-electron chi connectivity index (χ3n) is 3.16. The maximum atomic E-state index is 11.6. The standard InChI is InChI=1S/C10H18N2OS/c11-9-1-4-12(10(9)13)7-8-2-5-14-6-3-8/h8-9H,1-7,11H2. The first-order chi connectivity index (χ1) is 6.77. The van der Waals surface area contributed by atoms with Crippen molar-refractivity contribution < 1.29 is 4.79 Å². The van der Waals surface area contributed by atoms with E-state index < -0.39 is 0 Å². The first-order valence-corrected chi connectivity index (χ1v) is 6.55. The number of amides is 1. The molecule has 0 aromatic carbocycles. The van der Waals surface area contributed by atoms with Gasteiger partial charge in [-0.25, -0.2) is 0 Å². The minimum absolute atomic E-state index is 0.170. The molecule has 2 fully saturated rings. The van der Waals surface area contributed by atoms with Crippen LogP contribution in [0.1, 0.15) is 19.3 Å². The molecule has 4 heteroatoms. The van der Waals surface area contributed by atoms with E-state index in [0.29, 0.717) is 0 Å². The molecule has 0 spiro atoms. The van der Waals surface area contributed by atoms with E-state index in [1.54, 1.807) is 0 Å².